The normalized spacial score (nSPS) is 14.9. The van der Waals surface area contributed by atoms with Crippen molar-refractivity contribution in [1.29, 1.82) is 0 Å². The molecule has 2 aromatic heterocycles. The van der Waals surface area contributed by atoms with E-state index in [2.05, 4.69) is 31.1 Å². The van der Waals surface area contributed by atoms with E-state index in [-0.39, 0.29) is 35.2 Å². The summed E-state index contributed by atoms with van der Waals surface area (Å²) in [7, 11) is -12.6. The van der Waals surface area contributed by atoms with Gasteiger partial charge in [0.25, 0.3) is 30.4 Å². The van der Waals surface area contributed by atoms with Gasteiger partial charge in [0.2, 0.25) is 5.82 Å². The molecule has 0 aliphatic carbocycles. The summed E-state index contributed by atoms with van der Waals surface area (Å²) in [4.78, 5) is -4.15. The smallest absolute Gasteiger partial charge is 0.294 e. The minimum Gasteiger partial charge on any atom is -0.769 e. The number of hydrogen-bond donors (Lipinski definition) is 5. The zero-order valence-corrected chi connectivity index (χ0v) is 27.0. The van der Waals surface area contributed by atoms with E-state index in [1.807, 2.05) is 0 Å². The van der Waals surface area contributed by atoms with Crippen LogP contribution in [0, 0.1) is 6.92 Å². The molecule has 0 saturated heterocycles. The van der Waals surface area contributed by atoms with Crippen molar-refractivity contribution in [2.75, 3.05) is 29.2 Å². The quantitative estimate of drug-likeness (QED) is 0.0496. The molecule has 0 bridgehead atoms. The first kappa shape index (κ1) is 35.5. The number of rotatable bonds is 15. The van der Waals surface area contributed by atoms with Crippen molar-refractivity contribution in [3.8, 4) is 0 Å². The largest absolute Gasteiger partial charge is 0.769 e. The van der Waals surface area contributed by atoms with Crippen LogP contribution >= 0.6 is 11.8 Å². The van der Waals surface area contributed by atoms with Gasteiger partial charge in [0.05, 0.1) is 21.2 Å². The highest BCUT2D eigenvalue weighted by Crippen LogP contribution is 2.37. The van der Waals surface area contributed by atoms with E-state index in [1.165, 1.54) is 31.8 Å². The van der Waals surface area contributed by atoms with Gasteiger partial charge in [-0.3, -0.25) is 17.9 Å². The van der Waals surface area contributed by atoms with Crippen LogP contribution in [0.25, 0.3) is 0 Å². The van der Waals surface area contributed by atoms with Gasteiger partial charge < -0.3 is 19.7 Å². The average molecular weight is 717 g/mol. The number of anilines is 2. The molecule has 0 radical (unpaired) electrons. The zero-order valence-electron chi connectivity index (χ0n) is 22.9. The van der Waals surface area contributed by atoms with Gasteiger partial charge >= 0.3 is 0 Å². The number of azo groups is 1. The van der Waals surface area contributed by atoms with E-state index in [1.54, 1.807) is 0 Å². The molecular weight excluding hydrogens is 691 g/mol. The first-order chi connectivity index (χ1) is 20.2. The molecule has 0 amide bonds. The molecule has 0 fully saturated rings. The topological polar surface area (TPSA) is 296 Å². The molecule has 44 heavy (non-hydrogen) atoms. The Kier molecular flexibility index (Phi) is 11.0. The summed E-state index contributed by atoms with van der Waals surface area (Å²) in [6.45, 7) is 2.58. The van der Waals surface area contributed by atoms with Crippen molar-refractivity contribution in [1.82, 2.24) is 14.9 Å². The molecule has 3 aromatic rings. The van der Waals surface area contributed by atoms with Crippen LogP contribution in [0.4, 0.5) is 23.0 Å². The summed E-state index contributed by atoms with van der Waals surface area (Å²) < 4.78 is 127. The summed E-state index contributed by atoms with van der Waals surface area (Å²) in [5.74, 6) is 0.130. The molecular formula is C20H26N7O12S5-. The van der Waals surface area contributed by atoms with Gasteiger partial charge in [-0.05, 0) is 56.0 Å². The minimum atomic E-state index is -4.99. The maximum atomic E-state index is 12.5. The van der Waals surface area contributed by atoms with Crippen LogP contribution in [0.2, 0.25) is 0 Å². The fraction of sp³-hybridized carbons (Fsp3) is 0.400. The van der Waals surface area contributed by atoms with Crippen molar-refractivity contribution in [3.05, 3.63) is 30.0 Å². The number of unbranched alkanes of at least 4 members (excludes halogenated alkanes) is 1. The molecule has 0 aliphatic heterocycles. The first-order valence-electron chi connectivity index (χ1n) is 12.0. The van der Waals surface area contributed by atoms with Crippen molar-refractivity contribution in [3.63, 3.8) is 0 Å². The van der Waals surface area contributed by atoms with Crippen LogP contribution in [-0.4, -0.2) is 81.2 Å². The second kappa shape index (κ2) is 13.6. The molecule has 1 aromatic carbocycles. The molecule has 19 nitrogen and oxygen atoms in total. The number of aromatic nitrogens is 3. The average Bonchev–Trinajstić information content (AvgIpc) is 3.48. The lowest BCUT2D eigenvalue weighted by molar-refractivity contribution is 0.351. The Morgan fingerprint density at radius 2 is 1.66 bits per heavy atom. The molecule has 0 spiro atoms. The summed E-state index contributed by atoms with van der Waals surface area (Å²) in [5.41, 5.74) is -0.221. The number of hydrogen-bond acceptors (Lipinski definition) is 16. The highest BCUT2D eigenvalue weighted by atomic mass is 32.2. The fourth-order valence-corrected chi connectivity index (χ4v) is 6.62. The maximum absolute atomic E-state index is 12.5. The van der Waals surface area contributed by atoms with E-state index in [0.717, 1.165) is 23.7 Å². The monoisotopic (exact) mass is 716 g/mol. The highest BCUT2D eigenvalue weighted by Gasteiger charge is 2.34. The van der Waals surface area contributed by atoms with Crippen LogP contribution < -0.4 is 10.6 Å². The first-order valence-corrected chi connectivity index (χ1v) is 18.5. The van der Waals surface area contributed by atoms with Crippen molar-refractivity contribution >= 4 is 76.2 Å². The van der Waals surface area contributed by atoms with Gasteiger partial charge in [0, 0.05) is 24.6 Å². The van der Waals surface area contributed by atoms with Crippen LogP contribution in [-0.2, 0) is 46.4 Å². The molecule has 5 N–H and O–H groups in total. The predicted molar refractivity (Wildman–Crippen MR) is 156 cm³/mol. The molecule has 2 atom stereocenters. The predicted octanol–water partition coefficient (Wildman–Crippen LogP) is 2.51. The SMILES string of the molecule is CNc1c(N=Nc2cc(SCCCCS(=O)(=O)O)on2)c(C)nn1C(C)(Nc1cc(S(=O)(=O)O)cc(S(=O)(=O)O)c1)S(=O)[O-]. The van der Waals surface area contributed by atoms with Gasteiger partial charge in [0.15, 0.2) is 21.6 Å². The lowest BCUT2D eigenvalue weighted by Gasteiger charge is -2.35. The Morgan fingerprint density at radius 1 is 1.05 bits per heavy atom. The third kappa shape index (κ3) is 9.04. The van der Waals surface area contributed by atoms with Gasteiger partial charge in [0.1, 0.15) is 0 Å². The minimum absolute atomic E-state index is 0.0108. The third-order valence-corrected chi connectivity index (χ3v) is 9.98. The Balaban J connectivity index is 1.92. The van der Waals surface area contributed by atoms with E-state index in [9.17, 15) is 43.1 Å². The zero-order chi connectivity index (χ0) is 33.1. The molecule has 244 valence electrons. The fourth-order valence-electron chi connectivity index (χ4n) is 3.57. The van der Waals surface area contributed by atoms with Crippen molar-refractivity contribution in [2.45, 2.75) is 46.6 Å². The maximum Gasteiger partial charge on any atom is 0.294 e. The Morgan fingerprint density at radius 3 is 2.18 bits per heavy atom. The second-order valence-electron chi connectivity index (χ2n) is 8.98. The Labute approximate surface area is 258 Å². The summed E-state index contributed by atoms with van der Waals surface area (Å²) in [5, 5.41) is 21.6. The summed E-state index contributed by atoms with van der Waals surface area (Å²) in [6, 6.07) is 3.43. The van der Waals surface area contributed by atoms with Gasteiger partial charge in [-0.15, -0.1) is 10.2 Å². The molecule has 3 rings (SSSR count). The molecule has 0 saturated carbocycles. The van der Waals surface area contributed by atoms with Gasteiger partial charge in [-0.2, -0.15) is 30.4 Å². The Hall–Kier alpha value is -2.97. The van der Waals surface area contributed by atoms with Crippen molar-refractivity contribution < 1.29 is 52.2 Å². The highest BCUT2D eigenvalue weighted by molar-refractivity contribution is 7.99. The van der Waals surface area contributed by atoms with Gasteiger partial charge in [-0.1, -0.05) is 16.9 Å². The summed E-state index contributed by atoms with van der Waals surface area (Å²) in [6.07, 6.45) is 0.717. The van der Waals surface area contributed by atoms with E-state index in [4.69, 9.17) is 9.08 Å². The van der Waals surface area contributed by atoms with E-state index < -0.39 is 61.9 Å². The lowest BCUT2D eigenvalue weighted by Crippen LogP contribution is -2.44. The number of thioether (sulfide) groups is 1. The third-order valence-electron chi connectivity index (χ3n) is 5.62. The van der Waals surface area contributed by atoms with Crippen LogP contribution in [0.5, 0.6) is 0 Å². The number of benzene rings is 1. The summed E-state index contributed by atoms with van der Waals surface area (Å²) >= 11 is -1.88. The Bertz CT molecular complexity index is 1860. The molecule has 24 heteroatoms. The van der Waals surface area contributed by atoms with Crippen LogP contribution in [0.15, 0.2) is 53.9 Å². The van der Waals surface area contributed by atoms with E-state index >= 15 is 0 Å². The molecule has 0 aliphatic rings. The van der Waals surface area contributed by atoms with Crippen LogP contribution in [0.3, 0.4) is 0 Å². The van der Waals surface area contributed by atoms with Crippen LogP contribution in [0.1, 0.15) is 25.5 Å². The van der Waals surface area contributed by atoms with E-state index in [0.29, 0.717) is 23.3 Å². The second-order valence-corrected chi connectivity index (χ2v) is 15.8. The standard InChI is InChI=1S/C20H27N7O12S5/c1-12-18(24-23-16-11-17(39-26-16)40-6-4-5-7-42(30,31)32)19(21-3)27(25-12)20(2,41(28)29)22-13-8-14(43(33,34)35)10-15(9-13)44(36,37)38/h8-11,21-22H,4-7H2,1-3H3,(H,28,29)(H,30,31,32)(H,33,34,35)(H,36,37,38)/p-1. The molecule has 2 heterocycles. The van der Waals surface area contributed by atoms with Gasteiger partial charge in [-0.25, -0.2) is 4.68 Å². The lowest BCUT2D eigenvalue weighted by atomic mass is 10.3. The number of aryl methyl sites for hydroxylation is 1. The van der Waals surface area contributed by atoms with Crippen molar-refractivity contribution in [2.24, 2.45) is 10.2 Å². The number of nitrogens with one attached hydrogen (secondary N) is 2. The molecule has 2 unspecified atom stereocenters. The number of nitrogens with zero attached hydrogens (tertiary/aromatic N) is 5.